The van der Waals surface area contributed by atoms with E-state index in [9.17, 15) is 13.6 Å². The molecular formula is C11H14F2N2O. The number of nitrogens with two attached hydrogens (primary N) is 1. The second-order valence-corrected chi connectivity index (χ2v) is 3.61. The van der Waals surface area contributed by atoms with Gasteiger partial charge in [0.2, 0.25) is 5.91 Å². The minimum atomic E-state index is -2.41. The average molecular weight is 228 g/mol. The van der Waals surface area contributed by atoms with Gasteiger partial charge in [0.25, 0.3) is 6.43 Å². The lowest BCUT2D eigenvalue weighted by atomic mass is 10.1. The summed E-state index contributed by atoms with van der Waals surface area (Å²) in [6, 6.07) is 5.77. The molecule has 0 saturated carbocycles. The van der Waals surface area contributed by atoms with Gasteiger partial charge in [-0.3, -0.25) is 4.79 Å². The van der Waals surface area contributed by atoms with Gasteiger partial charge in [0.15, 0.2) is 0 Å². The highest BCUT2D eigenvalue weighted by Gasteiger charge is 2.13. The molecule has 0 aliphatic heterocycles. The van der Waals surface area contributed by atoms with Crippen molar-refractivity contribution in [2.75, 3.05) is 5.32 Å². The molecule has 0 aromatic heterocycles. The van der Waals surface area contributed by atoms with E-state index in [1.165, 1.54) is 6.92 Å². The van der Waals surface area contributed by atoms with E-state index < -0.39 is 18.4 Å². The van der Waals surface area contributed by atoms with Crippen molar-refractivity contribution in [3.05, 3.63) is 29.8 Å². The van der Waals surface area contributed by atoms with Gasteiger partial charge >= 0.3 is 0 Å². The summed E-state index contributed by atoms with van der Waals surface area (Å²) in [5.41, 5.74) is 6.39. The molecule has 16 heavy (non-hydrogen) atoms. The van der Waals surface area contributed by atoms with E-state index in [-0.39, 0.29) is 6.42 Å². The van der Waals surface area contributed by atoms with Gasteiger partial charge in [-0.2, -0.15) is 0 Å². The van der Waals surface area contributed by atoms with Gasteiger partial charge < -0.3 is 11.1 Å². The fourth-order valence-corrected chi connectivity index (χ4v) is 1.25. The third-order valence-electron chi connectivity index (χ3n) is 2.10. The minimum absolute atomic E-state index is 0.157. The molecule has 0 radical (unpaired) electrons. The lowest BCUT2D eigenvalue weighted by Crippen LogP contribution is -2.23. The normalized spacial score (nSPS) is 12.5. The minimum Gasteiger partial charge on any atom is -0.377 e. The molecule has 1 aromatic rings. The van der Waals surface area contributed by atoms with E-state index >= 15 is 0 Å². The first-order chi connectivity index (χ1) is 7.49. The number of primary amides is 1. The Morgan fingerprint density at radius 1 is 1.38 bits per heavy atom. The molecular weight excluding hydrogens is 214 g/mol. The van der Waals surface area contributed by atoms with Crippen LogP contribution >= 0.6 is 0 Å². The number of hydrogen-bond donors (Lipinski definition) is 2. The largest absolute Gasteiger partial charge is 0.377 e. The zero-order chi connectivity index (χ0) is 12.1. The highest BCUT2D eigenvalue weighted by molar-refractivity contribution is 5.76. The third kappa shape index (κ3) is 3.84. The van der Waals surface area contributed by atoms with Gasteiger partial charge in [-0.05, 0) is 24.6 Å². The van der Waals surface area contributed by atoms with E-state index in [0.717, 1.165) is 5.56 Å². The number of benzene rings is 1. The van der Waals surface area contributed by atoms with Crippen molar-refractivity contribution in [1.29, 1.82) is 0 Å². The Morgan fingerprint density at radius 3 is 2.38 bits per heavy atom. The summed E-state index contributed by atoms with van der Waals surface area (Å²) in [7, 11) is 0. The Kier molecular flexibility index (Phi) is 4.22. The van der Waals surface area contributed by atoms with E-state index in [0.29, 0.717) is 5.69 Å². The molecule has 0 bridgehead atoms. The van der Waals surface area contributed by atoms with Gasteiger partial charge in [0.1, 0.15) is 0 Å². The first-order valence-corrected chi connectivity index (χ1v) is 4.91. The SMILES string of the molecule is CC(Nc1ccc(CC(N)=O)cc1)C(F)F. The summed E-state index contributed by atoms with van der Waals surface area (Å²) in [4.78, 5) is 10.6. The molecule has 1 unspecified atom stereocenters. The number of carbonyl (C=O) groups excluding carboxylic acids is 1. The molecule has 1 amide bonds. The van der Waals surface area contributed by atoms with Crippen LogP contribution in [0, 0.1) is 0 Å². The van der Waals surface area contributed by atoms with Crippen LogP contribution in [0.15, 0.2) is 24.3 Å². The molecule has 88 valence electrons. The van der Waals surface area contributed by atoms with Gasteiger partial charge in [0.05, 0.1) is 12.5 Å². The fraction of sp³-hybridized carbons (Fsp3) is 0.364. The topological polar surface area (TPSA) is 55.1 Å². The van der Waals surface area contributed by atoms with Crippen LogP contribution in [0.4, 0.5) is 14.5 Å². The quantitative estimate of drug-likeness (QED) is 0.807. The highest BCUT2D eigenvalue weighted by Crippen LogP contribution is 2.13. The lowest BCUT2D eigenvalue weighted by molar-refractivity contribution is -0.117. The molecule has 0 aliphatic carbocycles. The number of halogens is 2. The van der Waals surface area contributed by atoms with E-state index in [1.54, 1.807) is 24.3 Å². The standard InChI is InChI=1S/C11H14F2N2O/c1-7(11(12)13)15-9-4-2-8(3-5-9)6-10(14)16/h2-5,7,11,15H,6H2,1H3,(H2,14,16). The molecule has 3 nitrogen and oxygen atoms in total. The summed E-state index contributed by atoms with van der Waals surface area (Å²) in [6.45, 7) is 1.40. The van der Waals surface area contributed by atoms with E-state index in [4.69, 9.17) is 5.73 Å². The maximum atomic E-state index is 12.2. The summed E-state index contributed by atoms with van der Waals surface area (Å²) in [5, 5.41) is 2.66. The van der Waals surface area contributed by atoms with Crippen LogP contribution in [0.1, 0.15) is 12.5 Å². The van der Waals surface area contributed by atoms with Gasteiger partial charge in [-0.15, -0.1) is 0 Å². The number of anilines is 1. The number of nitrogens with one attached hydrogen (secondary N) is 1. The molecule has 0 spiro atoms. The van der Waals surface area contributed by atoms with Crippen molar-refractivity contribution >= 4 is 11.6 Å². The lowest BCUT2D eigenvalue weighted by Gasteiger charge is -2.14. The first kappa shape index (κ1) is 12.4. The molecule has 0 fully saturated rings. The highest BCUT2D eigenvalue weighted by atomic mass is 19.3. The second-order valence-electron chi connectivity index (χ2n) is 3.61. The third-order valence-corrected chi connectivity index (χ3v) is 2.10. The Morgan fingerprint density at radius 2 is 1.94 bits per heavy atom. The number of amides is 1. The molecule has 1 atom stereocenters. The van der Waals surface area contributed by atoms with Crippen LogP contribution in [0.5, 0.6) is 0 Å². The van der Waals surface area contributed by atoms with Crippen LogP contribution < -0.4 is 11.1 Å². The van der Waals surface area contributed by atoms with E-state index in [1.807, 2.05) is 0 Å². The molecule has 5 heteroatoms. The number of rotatable bonds is 5. The summed E-state index contributed by atoms with van der Waals surface area (Å²) in [6.07, 6.45) is -2.25. The van der Waals surface area contributed by atoms with Crippen LogP contribution in [0.25, 0.3) is 0 Å². The predicted octanol–water partition coefficient (Wildman–Crippen LogP) is 1.78. The Hall–Kier alpha value is -1.65. The number of hydrogen-bond acceptors (Lipinski definition) is 2. The van der Waals surface area contributed by atoms with Crippen LogP contribution in [0.3, 0.4) is 0 Å². The van der Waals surface area contributed by atoms with Gasteiger partial charge in [-0.25, -0.2) is 8.78 Å². The average Bonchev–Trinajstić information content (AvgIpc) is 2.20. The molecule has 1 aromatic carbocycles. The van der Waals surface area contributed by atoms with Crippen molar-refractivity contribution in [3.63, 3.8) is 0 Å². The van der Waals surface area contributed by atoms with Gasteiger partial charge in [-0.1, -0.05) is 12.1 Å². The maximum Gasteiger partial charge on any atom is 0.258 e. The second kappa shape index (κ2) is 5.44. The maximum absolute atomic E-state index is 12.2. The van der Waals surface area contributed by atoms with E-state index in [2.05, 4.69) is 5.32 Å². The molecule has 0 heterocycles. The van der Waals surface area contributed by atoms with Crippen LogP contribution in [0.2, 0.25) is 0 Å². The fourth-order valence-electron chi connectivity index (χ4n) is 1.25. The van der Waals surface area contributed by atoms with Crippen LogP contribution in [-0.2, 0) is 11.2 Å². The molecule has 1 rings (SSSR count). The monoisotopic (exact) mass is 228 g/mol. The van der Waals surface area contributed by atoms with Crippen molar-refractivity contribution < 1.29 is 13.6 Å². The smallest absolute Gasteiger partial charge is 0.258 e. The van der Waals surface area contributed by atoms with Crippen molar-refractivity contribution in [1.82, 2.24) is 0 Å². The Balaban J connectivity index is 2.61. The Bertz CT molecular complexity index is 352. The van der Waals surface area contributed by atoms with Crippen LogP contribution in [-0.4, -0.2) is 18.4 Å². The predicted molar refractivity (Wildman–Crippen MR) is 58.4 cm³/mol. The number of carbonyl (C=O) groups is 1. The summed E-state index contributed by atoms with van der Waals surface area (Å²) in [5.74, 6) is -0.415. The van der Waals surface area contributed by atoms with Gasteiger partial charge in [0, 0.05) is 5.69 Å². The molecule has 3 N–H and O–H groups in total. The molecule has 0 aliphatic rings. The Labute approximate surface area is 92.6 Å². The number of alkyl halides is 2. The van der Waals surface area contributed by atoms with Crippen molar-refractivity contribution in [2.24, 2.45) is 5.73 Å². The zero-order valence-corrected chi connectivity index (χ0v) is 8.91. The molecule has 0 saturated heterocycles. The van der Waals surface area contributed by atoms with Crippen molar-refractivity contribution in [3.8, 4) is 0 Å². The van der Waals surface area contributed by atoms with Crippen molar-refractivity contribution in [2.45, 2.75) is 25.8 Å². The zero-order valence-electron chi connectivity index (χ0n) is 8.91. The summed E-state index contributed by atoms with van der Waals surface area (Å²) < 4.78 is 24.5. The summed E-state index contributed by atoms with van der Waals surface area (Å²) >= 11 is 0. The first-order valence-electron chi connectivity index (χ1n) is 4.91.